The van der Waals surface area contributed by atoms with Gasteiger partial charge < -0.3 is 4.90 Å². The Hall–Kier alpha value is -2.64. The average molecular weight is 492 g/mol. The van der Waals surface area contributed by atoms with E-state index in [1.165, 1.54) is 35.1 Å². The summed E-state index contributed by atoms with van der Waals surface area (Å²) >= 11 is 2.91. The van der Waals surface area contributed by atoms with Crippen molar-refractivity contribution in [3.05, 3.63) is 70.5 Å². The zero-order valence-corrected chi connectivity index (χ0v) is 21.0. The number of rotatable bonds is 7. The molecule has 2 aromatic carbocycles. The van der Waals surface area contributed by atoms with E-state index in [4.69, 9.17) is 4.98 Å². The third-order valence-corrected chi connectivity index (χ3v) is 8.77. The number of aromatic nitrogens is 2. The van der Waals surface area contributed by atoms with Crippen molar-refractivity contribution in [3.8, 4) is 0 Å². The Morgan fingerprint density at radius 1 is 1.12 bits per heavy atom. The number of piperidine rings is 1. The van der Waals surface area contributed by atoms with Gasteiger partial charge in [0, 0.05) is 29.2 Å². The number of likely N-dealkylation sites (tertiary alicyclic amines) is 1. The van der Waals surface area contributed by atoms with Crippen LogP contribution >= 0.6 is 23.1 Å². The van der Waals surface area contributed by atoms with Gasteiger partial charge in [-0.05, 0) is 43.7 Å². The minimum Gasteiger partial charge on any atom is -0.339 e. The fraction of sp³-hybridized carbons (Fsp3) is 0.370. The lowest BCUT2D eigenvalue weighted by Crippen LogP contribution is -2.44. The number of nitrogens with zero attached hydrogens (tertiary/aromatic N) is 3. The molecular formula is C27H29N3O2S2. The van der Waals surface area contributed by atoms with Crippen molar-refractivity contribution in [3.63, 3.8) is 0 Å². The van der Waals surface area contributed by atoms with Gasteiger partial charge in [0.05, 0.1) is 11.3 Å². The van der Waals surface area contributed by atoms with Crippen LogP contribution in [0.1, 0.15) is 38.2 Å². The second-order valence-electron chi connectivity index (χ2n) is 8.80. The molecule has 3 heterocycles. The van der Waals surface area contributed by atoms with Crippen LogP contribution in [0.5, 0.6) is 0 Å². The first kappa shape index (κ1) is 23.1. The molecule has 1 aliphatic rings. The smallest absolute Gasteiger partial charge is 0.272 e. The molecule has 0 bridgehead atoms. The monoisotopic (exact) mass is 491 g/mol. The number of carbonyl (C=O) groups is 1. The summed E-state index contributed by atoms with van der Waals surface area (Å²) in [6.07, 6.45) is 5.07. The summed E-state index contributed by atoms with van der Waals surface area (Å²) in [6.45, 7) is 3.53. The minimum absolute atomic E-state index is 0.0125. The van der Waals surface area contributed by atoms with Gasteiger partial charge in [-0.15, -0.1) is 11.3 Å². The van der Waals surface area contributed by atoms with Crippen LogP contribution in [0.15, 0.2) is 64.5 Å². The number of carbonyl (C=O) groups excluding carboxylic acids is 1. The highest BCUT2D eigenvalue weighted by molar-refractivity contribution is 7.99. The van der Waals surface area contributed by atoms with E-state index in [0.717, 1.165) is 47.8 Å². The number of benzene rings is 2. The van der Waals surface area contributed by atoms with E-state index in [9.17, 15) is 9.59 Å². The first-order valence-corrected chi connectivity index (χ1v) is 13.8. The summed E-state index contributed by atoms with van der Waals surface area (Å²) < 4.78 is 3.52. The van der Waals surface area contributed by atoms with Crippen LogP contribution in [0, 0.1) is 0 Å². The Kier molecular flexibility index (Phi) is 7.02. The molecule has 1 aliphatic heterocycles. The Morgan fingerprint density at radius 2 is 1.91 bits per heavy atom. The van der Waals surface area contributed by atoms with E-state index in [2.05, 4.69) is 19.1 Å². The fourth-order valence-corrected chi connectivity index (χ4v) is 6.80. The normalized spacial score (nSPS) is 16.4. The molecule has 7 heteroatoms. The highest BCUT2D eigenvalue weighted by Gasteiger charge is 2.26. The van der Waals surface area contributed by atoms with Gasteiger partial charge in [0.1, 0.15) is 4.70 Å². The van der Waals surface area contributed by atoms with E-state index in [0.29, 0.717) is 28.2 Å². The second kappa shape index (κ2) is 10.3. The van der Waals surface area contributed by atoms with Gasteiger partial charge >= 0.3 is 0 Å². The number of hydrogen-bond donors (Lipinski definition) is 0. The summed E-state index contributed by atoms with van der Waals surface area (Å²) in [5, 5.41) is 1.64. The topological polar surface area (TPSA) is 55.2 Å². The largest absolute Gasteiger partial charge is 0.339 e. The van der Waals surface area contributed by atoms with Crippen molar-refractivity contribution in [2.75, 3.05) is 12.3 Å². The Labute approximate surface area is 207 Å². The molecule has 0 unspecified atom stereocenters. The summed E-state index contributed by atoms with van der Waals surface area (Å²) in [7, 11) is 0. The number of aryl methyl sites for hydroxylation is 1. The molecule has 34 heavy (non-hydrogen) atoms. The molecule has 0 spiro atoms. The summed E-state index contributed by atoms with van der Waals surface area (Å²) in [5.41, 5.74) is 1.92. The fourth-order valence-electron chi connectivity index (χ4n) is 4.81. The summed E-state index contributed by atoms with van der Waals surface area (Å²) in [5.74, 6) is 0.456. The number of amides is 1. The molecular weight excluding hydrogens is 462 g/mol. The molecule has 5 rings (SSSR count). The van der Waals surface area contributed by atoms with Crippen molar-refractivity contribution in [2.45, 2.75) is 56.8 Å². The summed E-state index contributed by atoms with van der Waals surface area (Å²) in [6, 6.07) is 18.5. The molecule has 1 saturated heterocycles. The molecule has 5 nitrogen and oxygen atoms in total. The minimum atomic E-state index is -0.0125. The number of thioether (sulfide) groups is 1. The predicted octanol–water partition coefficient (Wildman–Crippen LogP) is 5.74. The SMILES string of the molecule is CC[C@H]1CCCCN1C(=O)CSc1nc2c(sc3ccccc32)c(=O)n1CCc1ccccc1. The van der Waals surface area contributed by atoms with Crippen LogP contribution in [0.3, 0.4) is 0 Å². The predicted molar refractivity (Wildman–Crippen MR) is 142 cm³/mol. The standard InChI is InChI=1S/C27H29N3O2S2/c1-2-20-12-8-9-16-29(20)23(31)18-33-27-28-24-21-13-6-7-14-22(21)34-25(24)26(32)30(27)17-15-19-10-4-3-5-11-19/h3-7,10-11,13-14,20H,2,8-9,12,15-18H2,1H3/t20-/m0/s1. The van der Waals surface area contributed by atoms with Crippen LogP contribution in [-0.2, 0) is 17.8 Å². The van der Waals surface area contributed by atoms with E-state index >= 15 is 0 Å². The lowest BCUT2D eigenvalue weighted by molar-refractivity contribution is -0.132. The van der Waals surface area contributed by atoms with Crippen molar-refractivity contribution in [1.29, 1.82) is 0 Å². The molecule has 1 fully saturated rings. The molecule has 0 radical (unpaired) electrons. The van der Waals surface area contributed by atoms with Gasteiger partial charge in [-0.1, -0.05) is 67.2 Å². The highest BCUT2D eigenvalue weighted by Crippen LogP contribution is 2.32. The molecule has 1 atom stereocenters. The van der Waals surface area contributed by atoms with E-state index < -0.39 is 0 Å². The van der Waals surface area contributed by atoms with Crippen LogP contribution in [-0.4, -0.2) is 38.7 Å². The maximum atomic E-state index is 13.6. The first-order valence-electron chi connectivity index (χ1n) is 12.0. The quantitative estimate of drug-likeness (QED) is 0.244. The second-order valence-corrected chi connectivity index (χ2v) is 10.8. The van der Waals surface area contributed by atoms with Crippen LogP contribution < -0.4 is 5.56 Å². The third kappa shape index (κ3) is 4.64. The molecule has 176 valence electrons. The van der Waals surface area contributed by atoms with E-state index in [1.54, 1.807) is 4.57 Å². The molecule has 2 aromatic heterocycles. The number of hydrogen-bond acceptors (Lipinski definition) is 5. The van der Waals surface area contributed by atoms with Crippen molar-refractivity contribution < 1.29 is 4.79 Å². The highest BCUT2D eigenvalue weighted by atomic mass is 32.2. The zero-order chi connectivity index (χ0) is 23.5. The van der Waals surface area contributed by atoms with Gasteiger partial charge in [0.2, 0.25) is 5.91 Å². The maximum Gasteiger partial charge on any atom is 0.272 e. The van der Waals surface area contributed by atoms with Crippen LogP contribution in [0.2, 0.25) is 0 Å². The Bertz CT molecular complexity index is 1360. The third-order valence-electron chi connectivity index (χ3n) is 6.66. The van der Waals surface area contributed by atoms with Crippen LogP contribution in [0.4, 0.5) is 0 Å². The molecule has 0 N–H and O–H groups in total. The molecule has 0 aliphatic carbocycles. The van der Waals surface area contributed by atoms with Gasteiger partial charge in [-0.2, -0.15) is 0 Å². The van der Waals surface area contributed by atoms with Crippen molar-refractivity contribution in [1.82, 2.24) is 14.5 Å². The van der Waals surface area contributed by atoms with Gasteiger partial charge in [0.15, 0.2) is 5.16 Å². The zero-order valence-electron chi connectivity index (χ0n) is 19.4. The lowest BCUT2D eigenvalue weighted by atomic mass is 10.0. The first-order chi connectivity index (χ1) is 16.7. The van der Waals surface area contributed by atoms with Gasteiger partial charge in [-0.25, -0.2) is 4.98 Å². The number of fused-ring (bicyclic) bond motifs is 3. The maximum absolute atomic E-state index is 13.6. The van der Waals surface area contributed by atoms with Crippen molar-refractivity contribution in [2.24, 2.45) is 0 Å². The van der Waals surface area contributed by atoms with Crippen molar-refractivity contribution >= 4 is 49.3 Å². The van der Waals surface area contributed by atoms with Gasteiger partial charge in [-0.3, -0.25) is 14.2 Å². The average Bonchev–Trinajstić information content (AvgIpc) is 3.26. The lowest BCUT2D eigenvalue weighted by Gasteiger charge is -2.35. The van der Waals surface area contributed by atoms with E-state index in [1.807, 2.05) is 47.4 Å². The number of thiophene rings is 1. The van der Waals surface area contributed by atoms with Gasteiger partial charge in [0.25, 0.3) is 5.56 Å². The summed E-state index contributed by atoms with van der Waals surface area (Å²) in [4.78, 5) is 33.7. The molecule has 1 amide bonds. The Morgan fingerprint density at radius 3 is 2.74 bits per heavy atom. The van der Waals surface area contributed by atoms with E-state index in [-0.39, 0.29) is 11.5 Å². The molecule has 0 saturated carbocycles. The Balaban J connectivity index is 1.48. The van der Waals surface area contributed by atoms with Crippen LogP contribution in [0.25, 0.3) is 20.3 Å². The molecule has 4 aromatic rings.